The van der Waals surface area contributed by atoms with Crippen LogP contribution in [-0.4, -0.2) is 18.4 Å². The second-order valence-electron chi connectivity index (χ2n) is 5.11. The fraction of sp³-hybridized carbons (Fsp3) is 0.538. The van der Waals surface area contributed by atoms with Gasteiger partial charge >= 0.3 is 0 Å². The quantitative estimate of drug-likeness (QED) is 0.833. The number of hydrogen-bond donors (Lipinski definition) is 2. The Labute approximate surface area is 107 Å². The van der Waals surface area contributed by atoms with E-state index in [1.54, 1.807) is 18.4 Å². The fourth-order valence-corrected chi connectivity index (χ4v) is 1.24. The van der Waals surface area contributed by atoms with Crippen molar-refractivity contribution in [3.05, 3.63) is 24.2 Å². The molecule has 0 bridgehead atoms. The van der Waals surface area contributed by atoms with Crippen LogP contribution in [0.25, 0.3) is 0 Å². The van der Waals surface area contributed by atoms with Crippen molar-refractivity contribution in [3.8, 4) is 0 Å². The molecule has 1 rings (SSSR count). The van der Waals surface area contributed by atoms with Crippen molar-refractivity contribution in [1.82, 2.24) is 10.6 Å². The first-order chi connectivity index (χ1) is 8.39. The van der Waals surface area contributed by atoms with Crippen molar-refractivity contribution in [1.29, 1.82) is 0 Å². The fourth-order valence-electron chi connectivity index (χ4n) is 1.24. The molecule has 0 atom stereocenters. The van der Waals surface area contributed by atoms with Gasteiger partial charge in [0.1, 0.15) is 5.76 Å². The van der Waals surface area contributed by atoms with E-state index in [4.69, 9.17) is 4.42 Å². The number of hydrogen-bond acceptors (Lipinski definition) is 3. The molecule has 100 valence electrons. The minimum absolute atomic E-state index is 0.0543. The van der Waals surface area contributed by atoms with E-state index in [1.165, 1.54) is 0 Å². The van der Waals surface area contributed by atoms with Crippen LogP contribution in [0.15, 0.2) is 22.8 Å². The van der Waals surface area contributed by atoms with Crippen molar-refractivity contribution in [2.45, 2.75) is 33.7 Å². The molecule has 1 aromatic heterocycles. The highest BCUT2D eigenvalue weighted by molar-refractivity contribution is 5.82. The summed E-state index contributed by atoms with van der Waals surface area (Å²) in [4.78, 5) is 23.0. The lowest BCUT2D eigenvalue weighted by Gasteiger charge is -2.17. The van der Waals surface area contributed by atoms with E-state index < -0.39 is 5.41 Å². The maximum absolute atomic E-state index is 11.5. The van der Waals surface area contributed by atoms with Gasteiger partial charge in [0.25, 0.3) is 0 Å². The molecule has 0 aliphatic heterocycles. The summed E-state index contributed by atoms with van der Waals surface area (Å²) in [6.45, 7) is 6.22. The number of furan rings is 1. The molecular formula is C13H20N2O3. The third kappa shape index (κ3) is 5.03. The van der Waals surface area contributed by atoms with Crippen molar-refractivity contribution in [2.24, 2.45) is 5.41 Å². The molecule has 0 aromatic carbocycles. The molecule has 1 heterocycles. The first-order valence-corrected chi connectivity index (χ1v) is 5.97. The molecule has 0 unspecified atom stereocenters. The van der Waals surface area contributed by atoms with Crippen LogP contribution in [0, 0.1) is 5.41 Å². The molecule has 0 fully saturated rings. The summed E-state index contributed by atoms with van der Waals surface area (Å²) in [6.07, 6.45) is 1.83. The van der Waals surface area contributed by atoms with Gasteiger partial charge in [-0.3, -0.25) is 9.59 Å². The van der Waals surface area contributed by atoms with Crippen LogP contribution >= 0.6 is 0 Å². The van der Waals surface area contributed by atoms with Crippen LogP contribution in [0.3, 0.4) is 0 Å². The summed E-state index contributed by atoms with van der Waals surface area (Å²) in [7, 11) is 0. The van der Waals surface area contributed by atoms with Crippen molar-refractivity contribution < 1.29 is 14.0 Å². The normalized spacial score (nSPS) is 11.1. The molecule has 5 nitrogen and oxygen atoms in total. The summed E-state index contributed by atoms with van der Waals surface area (Å²) >= 11 is 0. The predicted molar refractivity (Wildman–Crippen MR) is 67.6 cm³/mol. The van der Waals surface area contributed by atoms with Crippen LogP contribution < -0.4 is 10.6 Å². The SMILES string of the molecule is CC(C)(C)C(=O)NCCC(=O)NCc1ccco1. The Bertz CT molecular complexity index is 391. The molecule has 1 aromatic rings. The van der Waals surface area contributed by atoms with Crippen LogP contribution in [0.1, 0.15) is 33.0 Å². The molecule has 2 N–H and O–H groups in total. The molecule has 0 aliphatic carbocycles. The van der Waals surface area contributed by atoms with Gasteiger partial charge in [0, 0.05) is 18.4 Å². The number of nitrogens with one attached hydrogen (secondary N) is 2. The van der Waals surface area contributed by atoms with Crippen LogP contribution in [0.4, 0.5) is 0 Å². The number of amides is 2. The Hall–Kier alpha value is -1.78. The third-order valence-corrected chi connectivity index (χ3v) is 2.36. The highest BCUT2D eigenvalue weighted by atomic mass is 16.3. The molecule has 0 saturated heterocycles. The van der Waals surface area contributed by atoms with Gasteiger partial charge in [-0.1, -0.05) is 20.8 Å². The van der Waals surface area contributed by atoms with Gasteiger partial charge in [-0.15, -0.1) is 0 Å². The lowest BCUT2D eigenvalue weighted by atomic mass is 9.96. The summed E-state index contributed by atoms with van der Waals surface area (Å²) in [5, 5.41) is 5.44. The number of carbonyl (C=O) groups is 2. The molecule has 0 aliphatic rings. The zero-order valence-electron chi connectivity index (χ0n) is 11.1. The van der Waals surface area contributed by atoms with E-state index in [2.05, 4.69) is 10.6 Å². The van der Waals surface area contributed by atoms with Gasteiger partial charge in [0.2, 0.25) is 11.8 Å². The lowest BCUT2D eigenvalue weighted by molar-refractivity contribution is -0.128. The highest BCUT2D eigenvalue weighted by Crippen LogP contribution is 2.12. The van der Waals surface area contributed by atoms with E-state index in [-0.39, 0.29) is 18.2 Å². The Balaban J connectivity index is 2.16. The van der Waals surface area contributed by atoms with E-state index in [9.17, 15) is 9.59 Å². The third-order valence-electron chi connectivity index (χ3n) is 2.36. The Morgan fingerprint density at radius 3 is 2.56 bits per heavy atom. The van der Waals surface area contributed by atoms with Crippen LogP contribution in [0.2, 0.25) is 0 Å². The second-order valence-corrected chi connectivity index (χ2v) is 5.11. The van der Waals surface area contributed by atoms with Gasteiger partial charge < -0.3 is 15.1 Å². The summed E-state index contributed by atoms with van der Waals surface area (Å²) < 4.78 is 5.09. The van der Waals surface area contributed by atoms with Gasteiger partial charge in [-0.2, -0.15) is 0 Å². The number of carbonyl (C=O) groups excluding carboxylic acids is 2. The largest absolute Gasteiger partial charge is 0.467 e. The van der Waals surface area contributed by atoms with E-state index in [0.29, 0.717) is 18.8 Å². The molecule has 5 heteroatoms. The van der Waals surface area contributed by atoms with Gasteiger partial charge in [0.15, 0.2) is 0 Å². The minimum atomic E-state index is -0.426. The van der Waals surface area contributed by atoms with Crippen molar-refractivity contribution in [2.75, 3.05) is 6.54 Å². The topological polar surface area (TPSA) is 71.3 Å². The average Bonchev–Trinajstić information content (AvgIpc) is 2.77. The van der Waals surface area contributed by atoms with E-state index >= 15 is 0 Å². The Kier molecular flexibility index (Phi) is 4.95. The van der Waals surface area contributed by atoms with Crippen molar-refractivity contribution >= 4 is 11.8 Å². The molecule has 0 radical (unpaired) electrons. The van der Waals surface area contributed by atoms with E-state index in [0.717, 1.165) is 0 Å². The first kappa shape index (κ1) is 14.3. The molecule has 2 amide bonds. The van der Waals surface area contributed by atoms with E-state index in [1.807, 2.05) is 20.8 Å². The smallest absolute Gasteiger partial charge is 0.225 e. The lowest BCUT2D eigenvalue weighted by Crippen LogP contribution is -2.37. The Morgan fingerprint density at radius 1 is 1.28 bits per heavy atom. The standard InChI is InChI=1S/C13H20N2O3/c1-13(2,3)12(17)14-7-6-11(16)15-9-10-5-4-8-18-10/h4-5,8H,6-7,9H2,1-3H3,(H,14,17)(H,15,16). The number of rotatable bonds is 5. The maximum atomic E-state index is 11.5. The van der Waals surface area contributed by atoms with Crippen LogP contribution in [-0.2, 0) is 16.1 Å². The first-order valence-electron chi connectivity index (χ1n) is 5.97. The van der Waals surface area contributed by atoms with Gasteiger partial charge in [0.05, 0.1) is 12.8 Å². The van der Waals surface area contributed by atoms with Gasteiger partial charge in [-0.05, 0) is 12.1 Å². The molecular weight excluding hydrogens is 232 g/mol. The summed E-state index contributed by atoms with van der Waals surface area (Å²) in [5.74, 6) is 0.545. The minimum Gasteiger partial charge on any atom is -0.467 e. The van der Waals surface area contributed by atoms with Crippen molar-refractivity contribution in [3.63, 3.8) is 0 Å². The summed E-state index contributed by atoms with van der Waals surface area (Å²) in [5.41, 5.74) is -0.426. The molecule has 18 heavy (non-hydrogen) atoms. The average molecular weight is 252 g/mol. The predicted octanol–water partition coefficient (Wildman–Crippen LogP) is 1.45. The molecule has 0 saturated carbocycles. The Morgan fingerprint density at radius 2 is 2.00 bits per heavy atom. The zero-order chi connectivity index (χ0) is 13.6. The van der Waals surface area contributed by atoms with Gasteiger partial charge in [-0.25, -0.2) is 0 Å². The monoisotopic (exact) mass is 252 g/mol. The maximum Gasteiger partial charge on any atom is 0.225 e. The second kappa shape index (κ2) is 6.23. The highest BCUT2D eigenvalue weighted by Gasteiger charge is 2.20. The zero-order valence-corrected chi connectivity index (χ0v) is 11.1. The van der Waals surface area contributed by atoms with Crippen LogP contribution in [0.5, 0.6) is 0 Å². The molecule has 0 spiro atoms. The summed E-state index contributed by atoms with van der Waals surface area (Å²) in [6, 6.07) is 3.56.